The fraction of sp³-hybridized carbons (Fsp3) is 0.533. The number of carbonyl (C=O) groups is 1. The van der Waals surface area contributed by atoms with E-state index in [0.29, 0.717) is 19.2 Å². The highest BCUT2D eigenvalue weighted by molar-refractivity contribution is 8.00. The van der Waals surface area contributed by atoms with Crippen LogP contribution in [-0.4, -0.2) is 46.2 Å². The molecule has 1 amide bonds. The van der Waals surface area contributed by atoms with Gasteiger partial charge < -0.3 is 10.1 Å². The number of thioether (sulfide) groups is 1. The van der Waals surface area contributed by atoms with Crippen molar-refractivity contribution in [2.45, 2.75) is 36.2 Å². The molecule has 0 aromatic carbocycles. The normalized spacial score (nSPS) is 15.6. The minimum Gasteiger partial charge on any atom is -0.383 e. The van der Waals surface area contributed by atoms with E-state index < -0.39 is 0 Å². The molecule has 2 heterocycles. The van der Waals surface area contributed by atoms with Crippen LogP contribution in [0.4, 0.5) is 0 Å². The van der Waals surface area contributed by atoms with Crippen LogP contribution in [0, 0.1) is 0 Å². The third-order valence-electron chi connectivity index (χ3n) is 3.57. The number of thiophene rings is 1. The molecule has 1 aliphatic rings. The number of aromatic nitrogens is 3. The van der Waals surface area contributed by atoms with Crippen molar-refractivity contribution >= 4 is 29.0 Å². The number of methoxy groups -OCH3 is 1. The van der Waals surface area contributed by atoms with Crippen molar-refractivity contribution in [2.24, 2.45) is 0 Å². The molecule has 3 rings (SSSR count). The lowest BCUT2D eigenvalue weighted by Gasteiger charge is -2.12. The summed E-state index contributed by atoms with van der Waals surface area (Å²) >= 11 is 3.13. The highest BCUT2D eigenvalue weighted by atomic mass is 32.2. The first-order chi connectivity index (χ1) is 11.2. The first kappa shape index (κ1) is 16.5. The number of nitrogens with one attached hydrogen (secondary N) is 1. The van der Waals surface area contributed by atoms with Crippen LogP contribution in [0.25, 0.3) is 10.7 Å². The molecule has 23 heavy (non-hydrogen) atoms. The van der Waals surface area contributed by atoms with Crippen LogP contribution < -0.4 is 5.32 Å². The molecule has 0 radical (unpaired) electrons. The topological polar surface area (TPSA) is 69.0 Å². The van der Waals surface area contributed by atoms with Gasteiger partial charge in [0.15, 0.2) is 11.0 Å². The van der Waals surface area contributed by atoms with Crippen molar-refractivity contribution in [2.75, 3.05) is 20.3 Å². The summed E-state index contributed by atoms with van der Waals surface area (Å²) in [5, 5.41) is 14.2. The van der Waals surface area contributed by atoms with Crippen LogP contribution in [0.15, 0.2) is 22.7 Å². The van der Waals surface area contributed by atoms with Gasteiger partial charge in [0, 0.05) is 19.7 Å². The Morgan fingerprint density at radius 1 is 1.57 bits per heavy atom. The van der Waals surface area contributed by atoms with Gasteiger partial charge in [-0.25, -0.2) is 0 Å². The number of amides is 1. The minimum absolute atomic E-state index is 0.00456. The number of hydrogen-bond donors (Lipinski definition) is 1. The maximum Gasteiger partial charge on any atom is 0.233 e. The number of hydrogen-bond acceptors (Lipinski definition) is 6. The van der Waals surface area contributed by atoms with E-state index in [1.165, 1.54) is 11.8 Å². The molecule has 0 unspecified atom stereocenters. The predicted octanol–water partition coefficient (Wildman–Crippen LogP) is 2.58. The smallest absolute Gasteiger partial charge is 0.233 e. The van der Waals surface area contributed by atoms with E-state index in [2.05, 4.69) is 26.1 Å². The number of rotatable bonds is 8. The quantitative estimate of drug-likeness (QED) is 0.584. The van der Waals surface area contributed by atoms with Gasteiger partial charge in [0.25, 0.3) is 0 Å². The third kappa shape index (κ3) is 3.94. The van der Waals surface area contributed by atoms with Crippen LogP contribution in [0.3, 0.4) is 0 Å². The highest BCUT2D eigenvalue weighted by Crippen LogP contribution is 2.42. The Kier molecular flexibility index (Phi) is 5.34. The van der Waals surface area contributed by atoms with Gasteiger partial charge in [0.2, 0.25) is 5.91 Å². The molecule has 6 nitrogen and oxygen atoms in total. The van der Waals surface area contributed by atoms with Gasteiger partial charge in [0.05, 0.1) is 16.7 Å². The molecule has 2 aromatic heterocycles. The summed E-state index contributed by atoms with van der Waals surface area (Å²) in [6.07, 6.45) is 2.30. The molecular weight excluding hydrogens is 332 g/mol. The summed E-state index contributed by atoms with van der Waals surface area (Å²) in [6.45, 7) is 2.93. The predicted molar refractivity (Wildman–Crippen MR) is 91.8 cm³/mol. The van der Waals surface area contributed by atoms with Crippen LogP contribution in [-0.2, 0) is 9.53 Å². The SMILES string of the molecule is COCCNC(=O)[C@H](C)Sc1nnc(-c2cccs2)n1C1CC1. The summed E-state index contributed by atoms with van der Waals surface area (Å²) in [7, 11) is 1.62. The van der Waals surface area contributed by atoms with Gasteiger partial charge in [-0.15, -0.1) is 21.5 Å². The Hall–Kier alpha value is -1.38. The lowest BCUT2D eigenvalue weighted by Crippen LogP contribution is -2.33. The van der Waals surface area contributed by atoms with Gasteiger partial charge in [-0.1, -0.05) is 17.8 Å². The largest absolute Gasteiger partial charge is 0.383 e. The summed E-state index contributed by atoms with van der Waals surface area (Å²) in [6, 6.07) is 4.54. The average molecular weight is 352 g/mol. The molecule has 2 aromatic rings. The molecule has 1 fully saturated rings. The van der Waals surface area contributed by atoms with Gasteiger partial charge in [-0.3, -0.25) is 9.36 Å². The summed E-state index contributed by atoms with van der Waals surface area (Å²) in [5.41, 5.74) is 0. The molecule has 1 aliphatic carbocycles. The van der Waals surface area contributed by atoms with Gasteiger partial charge >= 0.3 is 0 Å². The molecule has 0 bridgehead atoms. The lowest BCUT2D eigenvalue weighted by atomic mass is 10.4. The van der Waals surface area contributed by atoms with Crippen LogP contribution in [0.1, 0.15) is 25.8 Å². The Morgan fingerprint density at radius 2 is 2.39 bits per heavy atom. The molecule has 124 valence electrons. The third-order valence-corrected chi connectivity index (χ3v) is 5.50. The Labute approximate surface area is 143 Å². The maximum atomic E-state index is 12.1. The van der Waals surface area contributed by atoms with E-state index >= 15 is 0 Å². The first-order valence-corrected chi connectivity index (χ1v) is 9.38. The maximum absolute atomic E-state index is 12.1. The molecule has 8 heteroatoms. The lowest BCUT2D eigenvalue weighted by molar-refractivity contribution is -0.120. The second kappa shape index (κ2) is 7.46. The van der Waals surface area contributed by atoms with Crippen molar-refractivity contribution in [1.82, 2.24) is 20.1 Å². The van der Waals surface area contributed by atoms with Crippen molar-refractivity contribution < 1.29 is 9.53 Å². The fourth-order valence-electron chi connectivity index (χ4n) is 2.22. The summed E-state index contributed by atoms with van der Waals surface area (Å²) in [5.74, 6) is 0.909. The van der Waals surface area contributed by atoms with Crippen LogP contribution in [0.5, 0.6) is 0 Å². The average Bonchev–Trinajstić information content (AvgIpc) is 3.08. The zero-order valence-corrected chi connectivity index (χ0v) is 14.8. The number of carbonyl (C=O) groups excluding carboxylic acids is 1. The molecule has 1 N–H and O–H groups in total. The van der Waals surface area contributed by atoms with E-state index in [4.69, 9.17) is 4.74 Å². The Balaban J connectivity index is 1.72. The number of nitrogens with zero attached hydrogens (tertiary/aromatic N) is 3. The number of ether oxygens (including phenoxy) is 1. The molecule has 1 saturated carbocycles. The van der Waals surface area contributed by atoms with E-state index in [1.54, 1.807) is 18.4 Å². The van der Waals surface area contributed by atoms with Crippen molar-refractivity contribution in [3.8, 4) is 10.7 Å². The molecule has 0 spiro atoms. The standard InChI is InChI=1S/C15H20N4O2S2/c1-10(14(20)16-7-8-21-2)23-15-18-17-13(12-4-3-9-22-12)19(15)11-5-6-11/h3-4,9-11H,5-8H2,1-2H3,(H,16,20)/t10-/m0/s1. The summed E-state index contributed by atoms with van der Waals surface area (Å²) < 4.78 is 7.14. The molecule has 1 atom stereocenters. The zero-order valence-electron chi connectivity index (χ0n) is 13.2. The van der Waals surface area contributed by atoms with Gasteiger partial charge in [-0.2, -0.15) is 0 Å². The fourth-order valence-corrected chi connectivity index (χ4v) is 3.87. The van der Waals surface area contributed by atoms with Gasteiger partial charge in [-0.05, 0) is 31.2 Å². The van der Waals surface area contributed by atoms with Gasteiger partial charge in [0.1, 0.15) is 0 Å². The highest BCUT2D eigenvalue weighted by Gasteiger charge is 2.31. The van der Waals surface area contributed by atoms with E-state index in [-0.39, 0.29) is 11.2 Å². The minimum atomic E-state index is -0.218. The monoisotopic (exact) mass is 352 g/mol. The van der Waals surface area contributed by atoms with Crippen molar-refractivity contribution in [1.29, 1.82) is 0 Å². The van der Waals surface area contributed by atoms with Crippen molar-refractivity contribution in [3.63, 3.8) is 0 Å². The second-order valence-electron chi connectivity index (χ2n) is 5.43. The molecule has 0 saturated heterocycles. The van der Waals surface area contributed by atoms with E-state index in [1.807, 2.05) is 18.4 Å². The summed E-state index contributed by atoms with van der Waals surface area (Å²) in [4.78, 5) is 13.2. The Morgan fingerprint density at radius 3 is 3.04 bits per heavy atom. The Bertz CT molecular complexity index is 652. The van der Waals surface area contributed by atoms with E-state index in [0.717, 1.165) is 28.7 Å². The molecular formula is C15H20N4O2S2. The van der Waals surface area contributed by atoms with Crippen LogP contribution in [0.2, 0.25) is 0 Å². The second-order valence-corrected chi connectivity index (χ2v) is 7.68. The zero-order chi connectivity index (χ0) is 16.2. The van der Waals surface area contributed by atoms with Crippen LogP contribution >= 0.6 is 23.1 Å². The first-order valence-electron chi connectivity index (χ1n) is 7.62. The molecule has 0 aliphatic heterocycles. The van der Waals surface area contributed by atoms with Crippen molar-refractivity contribution in [3.05, 3.63) is 17.5 Å². The van der Waals surface area contributed by atoms with E-state index in [9.17, 15) is 4.79 Å².